The molecule has 0 saturated carbocycles. The second-order valence-corrected chi connectivity index (χ2v) is 11.2. The van der Waals surface area contributed by atoms with Crippen LogP contribution in [0.5, 0.6) is 0 Å². The molecule has 3 aliphatic heterocycles. The Morgan fingerprint density at radius 1 is 0.848 bits per heavy atom. The molecule has 33 heavy (non-hydrogen) atoms. The zero-order chi connectivity index (χ0) is 22.2. The van der Waals surface area contributed by atoms with Crippen molar-refractivity contribution in [1.29, 1.82) is 0 Å². The second kappa shape index (κ2) is 9.24. The molecule has 0 radical (unpaired) electrons. The van der Waals surface area contributed by atoms with Gasteiger partial charge in [0, 0.05) is 55.4 Å². The van der Waals surface area contributed by atoms with Gasteiger partial charge in [-0.2, -0.15) is 0 Å². The summed E-state index contributed by atoms with van der Waals surface area (Å²) in [4.78, 5) is 11.6. The molecule has 6 rings (SSSR count). The van der Waals surface area contributed by atoms with Crippen molar-refractivity contribution in [2.24, 2.45) is 11.8 Å². The highest BCUT2D eigenvalue weighted by atomic mass is 32.1. The third-order valence-corrected chi connectivity index (χ3v) is 8.91. The van der Waals surface area contributed by atoms with E-state index in [4.69, 9.17) is 4.98 Å². The van der Waals surface area contributed by atoms with Gasteiger partial charge in [-0.1, -0.05) is 12.1 Å². The van der Waals surface area contributed by atoms with Gasteiger partial charge in [-0.3, -0.25) is 0 Å². The minimum absolute atomic E-state index is 0.832. The van der Waals surface area contributed by atoms with Gasteiger partial charge in [0.2, 0.25) is 0 Å². The first-order valence-corrected chi connectivity index (χ1v) is 13.5. The third kappa shape index (κ3) is 4.36. The Hall–Kier alpha value is -2.15. The molecule has 6 heteroatoms. The van der Waals surface area contributed by atoms with Crippen molar-refractivity contribution < 1.29 is 0 Å². The molecular weight excluding hydrogens is 426 g/mol. The Balaban J connectivity index is 1.29. The van der Waals surface area contributed by atoms with E-state index in [0.717, 1.165) is 49.2 Å². The standard InChI is InChI=1S/C27H35N5S/c1-19-16-25-27(33-19)26(32-13-8-22(18-32)20-6-9-28-10-7-20)17-24(30-25)21-2-4-23(5-3-21)31-14-11-29-12-15-31/h2-5,16-17,20,22,28-29H,6-15,18H2,1H3. The Morgan fingerprint density at radius 2 is 1.61 bits per heavy atom. The minimum atomic E-state index is 0.832. The molecule has 3 aromatic rings. The number of aryl methyl sites for hydroxylation is 1. The van der Waals surface area contributed by atoms with Gasteiger partial charge in [0.15, 0.2) is 0 Å². The van der Waals surface area contributed by atoms with Crippen LogP contribution in [-0.2, 0) is 0 Å². The predicted molar refractivity (Wildman–Crippen MR) is 141 cm³/mol. The average molecular weight is 462 g/mol. The summed E-state index contributed by atoms with van der Waals surface area (Å²) in [6.07, 6.45) is 4.01. The number of piperidine rings is 1. The lowest BCUT2D eigenvalue weighted by molar-refractivity contribution is 0.277. The summed E-state index contributed by atoms with van der Waals surface area (Å²) in [7, 11) is 0. The van der Waals surface area contributed by atoms with Crippen LogP contribution in [0.2, 0.25) is 0 Å². The number of rotatable bonds is 4. The van der Waals surface area contributed by atoms with E-state index >= 15 is 0 Å². The minimum Gasteiger partial charge on any atom is -0.370 e. The monoisotopic (exact) mass is 461 g/mol. The number of hydrogen-bond acceptors (Lipinski definition) is 6. The van der Waals surface area contributed by atoms with Crippen LogP contribution < -0.4 is 20.4 Å². The van der Waals surface area contributed by atoms with Crippen LogP contribution in [0.15, 0.2) is 36.4 Å². The Kier molecular flexibility index (Phi) is 5.99. The number of aromatic nitrogens is 1. The lowest BCUT2D eigenvalue weighted by Crippen LogP contribution is -2.43. The van der Waals surface area contributed by atoms with Crippen LogP contribution >= 0.6 is 11.3 Å². The van der Waals surface area contributed by atoms with E-state index < -0.39 is 0 Å². The summed E-state index contributed by atoms with van der Waals surface area (Å²) in [5.41, 5.74) is 6.19. The van der Waals surface area contributed by atoms with Gasteiger partial charge >= 0.3 is 0 Å². The van der Waals surface area contributed by atoms with Crippen molar-refractivity contribution in [3.63, 3.8) is 0 Å². The number of nitrogens with one attached hydrogen (secondary N) is 2. The molecule has 0 spiro atoms. The van der Waals surface area contributed by atoms with E-state index in [1.54, 1.807) is 0 Å². The van der Waals surface area contributed by atoms with Crippen LogP contribution in [-0.4, -0.2) is 57.3 Å². The normalized spacial score (nSPS) is 22.4. The molecular formula is C27H35N5S. The van der Waals surface area contributed by atoms with Gasteiger partial charge in [-0.05, 0) is 75.4 Å². The number of nitrogens with zero attached hydrogens (tertiary/aromatic N) is 3. The highest BCUT2D eigenvalue weighted by molar-refractivity contribution is 7.19. The van der Waals surface area contributed by atoms with E-state index in [1.165, 1.54) is 72.0 Å². The van der Waals surface area contributed by atoms with E-state index in [-0.39, 0.29) is 0 Å². The fourth-order valence-corrected chi connectivity index (χ4v) is 6.97. The third-order valence-electron chi connectivity index (χ3n) is 7.84. The maximum absolute atomic E-state index is 5.10. The van der Waals surface area contributed by atoms with Crippen LogP contribution in [0.4, 0.5) is 11.4 Å². The number of hydrogen-bond donors (Lipinski definition) is 2. The first-order valence-electron chi connectivity index (χ1n) is 12.7. The molecule has 2 N–H and O–H groups in total. The number of anilines is 2. The summed E-state index contributed by atoms with van der Waals surface area (Å²) in [6.45, 7) is 11.2. The number of piperazine rings is 1. The molecule has 5 heterocycles. The largest absolute Gasteiger partial charge is 0.370 e. The maximum Gasteiger partial charge on any atom is 0.0841 e. The quantitative estimate of drug-likeness (QED) is 0.599. The smallest absolute Gasteiger partial charge is 0.0841 e. The Morgan fingerprint density at radius 3 is 2.39 bits per heavy atom. The van der Waals surface area contributed by atoms with Gasteiger partial charge in [0.25, 0.3) is 0 Å². The number of thiophene rings is 1. The number of pyridine rings is 1. The van der Waals surface area contributed by atoms with Gasteiger partial charge < -0.3 is 20.4 Å². The summed E-state index contributed by atoms with van der Waals surface area (Å²) in [6, 6.07) is 13.7. The molecule has 3 aliphatic rings. The average Bonchev–Trinajstić information content (AvgIpc) is 3.51. The lowest BCUT2D eigenvalue weighted by Gasteiger charge is -2.29. The van der Waals surface area contributed by atoms with Crippen LogP contribution in [0, 0.1) is 18.8 Å². The zero-order valence-electron chi connectivity index (χ0n) is 19.6. The first-order chi connectivity index (χ1) is 16.2. The van der Waals surface area contributed by atoms with E-state index in [1.807, 2.05) is 11.3 Å². The fraction of sp³-hybridized carbons (Fsp3) is 0.519. The van der Waals surface area contributed by atoms with E-state index in [2.05, 4.69) is 63.8 Å². The van der Waals surface area contributed by atoms with Crippen LogP contribution in [0.1, 0.15) is 24.1 Å². The topological polar surface area (TPSA) is 43.4 Å². The summed E-state index contributed by atoms with van der Waals surface area (Å²) in [5, 5.41) is 6.97. The zero-order valence-corrected chi connectivity index (χ0v) is 20.5. The van der Waals surface area contributed by atoms with Crippen molar-refractivity contribution in [2.45, 2.75) is 26.2 Å². The molecule has 1 aromatic carbocycles. The highest BCUT2D eigenvalue weighted by Crippen LogP contribution is 2.40. The molecule has 0 amide bonds. The molecule has 174 valence electrons. The van der Waals surface area contributed by atoms with Crippen molar-refractivity contribution in [1.82, 2.24) is 15.6 Å². The van der Waals surface area contributed by atoms with Gasteiger partial charge in [0.05, 0.1) is 21.6 Å². The van der Waals surface area contributed by atoms with Crippen molar-refractivity contribution >= 4 is 32.9 Å². The second-order valence-electron chi connectivity index (χ2n) is 9.96. The summed E-state index contributed by atoms with van der Waals surface area (Å²) >= 11 is 1.90. The van der Waals surface area contributed by atoms with E-state index in [0.29, 0.717) is 0 Å². The SMILES string of the molecule is Cc1cc2nc(-c3ccc(N4CCNCC4)cc3)cc(N3CCC(C4CCNCC4)C3)c2s1. The van der Waals surface area contributed by atoms with E-state index in [9.17, 15) is 0 Å². The molecule has 1 atom stereocenters. The predicted octanol–water partition coefficient (Wildman–Crippen LogP) is 4.51. The number of benzene rings is 1. The van der Waals surface area contributed by atoms with Crippen molar-refractivity contribution in [2.75, 3.05) is 62.2 Å². The first kappa shape index (κ1) is 21.4. The van der Waals surface area contributed by atoms with Crippen LogP contribution in [0.3, 0.4) is 0 Å². The Labute approximate surface area is 201 Å². The summed E-state index contributed by atoms with van der Waals surface area (Å²) in [5.74, 6) is 1.72. The molecule has 3 saturated heterocycles. The van der Waals surface area contributed by atoms with Crippen molar-refractivity contribution in [3.8, 4) is 11.3 Å². The van der Waals surface area contributed by atoms with Gasteiger partial charge in [-0.25, -0.2) is 4.98 Å². The molecule has 0 aliphatic carbocycles. The molecule has 0 bridgehead atoms. The molecule has 5 nitrogen and oxygen atoms in total. The van der Waals surface area contributed by atoms with Crippen molar-refractivity contribution in [3.05, 3.63) is 41.3 Å². The van der Waals surface area contributed by atoms with Crippen LogP contribution in [0.25, 0.3) is 21.5 Å². The fourth-order valence-electron chi connectivity index (χ4n) is 5.98. The molecule has 1 unspecified atom stereocenters. The van der Waals surface area contributed by atoms with Gasteiger partial charge in [-0.15, -0.1) is 11.3 Å². The molecule has 2 aromatic heterocycles. The maximum atomic E-state index is 5.10. The summed E-state index contributed by atoms with van der Waals surface area (Å²) < 4.78 is 1.36. The highest BCUT2D eigenvalue weighted by Gasteiger charge is 2.31. The Bertz CT molecular complexity index is 1100. The molecule has 3 fully saturated rings. The van der Waals surface area contributed by atoms with Gasteiger partial charge in [0.1, 0.15) is 0 Å². The lowest BCUT2D eigenvalue weighted by atomic mass is 9.84. The number of fused-ring (bicyclic) bond motifs is 1.